The maximum atomic E-state index is 5.98. The van der Waals surface area contributed by atoms with E-state index in [9.17, 15) is 0 Å². The van der Waals surface area contributed by atoms with E-state index >= 15 is 0 Å². The van der Waals surface area contributed by atoms with Gasteiger partial charge in [0.15, 0.2) is 0 Å². The predicted octanol–water partition coefficient (Wildman–Crippen LogP) is 2.62. The van der Waals surface area contributed by atoms with E-state index in [4.69, 9.17) is 10.5 Å². The van der Waals surface area contributed by atoms with E-state index in [1.165, 1.54) is 5.56 Å². The van der Waals surface area contributed by atoms with Crippen molar-refractivity contribution in [2.45, 2.75) is 25.9 Å². The van der Waals surface area contributed by atoms with Crippen LogP contribution in [0.3, 0.4) is 0 Å². The maximum absolute atomic E-state index is 5.98. The molecule has 0 aliphatic carbocycles. The summed E-state index contributed by atoms with van der Waals surface area (Å²) in [7, 11) is 1.89. The van der Waals surface area contributed by atoms with E-state index in [2.05, 4.69) is 31.1 Å². The number of hydrogen-bond acceptors (Lipinski definition) is 3. The highest BCUT2D eigenvalue weighted by Crippen LogP contribution is 2.24. The number of nitrogens with two attached hydrogens (primary N) is 1. The second kappa shape index (κ2) is 5.89. The highest BCUT2D eigenvalue weighted by Gasteiger charge is 2.13. The molecule has 1 atom stereocenters. The molecule has 0 amide bonds. The monoisotopic (exact) mass is 259 g/mol. The van der Waals surface area contributed by atoms with Crippen LogP contribution in [0, 0.1) is 0 Å². The van der Waals surface area contributed by atoms with Crippen LogP contribution < -0.4 is 10.5 Å². The van der Waals surface area contributed by atoms with Crippen molar-refractivity contribution < 1.29 is 4.74 Å². The van der Waals surface area contributed by atoms with Crippen molar-refractivity contribution in [1.82, 2.24) is 9.78 Å². The molecule has 4 nitrogen and oxygen atoms in total. The Bertz CT molecular complexity index is 534. The molecule has 2 N–H and O–H groups in total. The van der Waals surface area contributed by atoms with Gasteiger partial charge in [0, 0.05) is 25.4 Å². The smallest absolute Gasteiger partial charge is 0.139 e. The minimum atomic E-state index is -0.156. The van der Waals surface area contributed by atoms with Crippen molar-refractivity contribution in [2.24, 2.45) is 12.8 Å². The largest absolute Gasteiger partial charge is 0.484 e. The topological polar surface area (TPSA) is 53.1 Å². The lowest BCUT2D eigenvalue weighted by molar-refractivity contribution is 0.214. The van der Waals surface area contributed by atoms with Crippen LogP contribution in [0.15, 0.2) is 36.7 Å². The minimum absolute atomic E-state index is 0.156. The molecule has 1 heterocycles. The molecule has 0 bridgehead atoms. The van der Waals surface area contributed by atoms with Gasteiger partial charge >= 0.3 is 0 Å². The van der Waals surface area contributed by atoms with Crippen LogP contribution in [0.4, 0.5) is 0 Å². The normalized spacial score (nSPS) is 12.7. The molecule has 102 valence electrons. The molecule has 0 fully saturated rings. The van der Waals surface area contributed by atoms with Crippen LogP contribution in [0.2, 0.25) is 0 Å². The van der Waals surface area contributed by atoms with Gasteiger partial charge in [-0.1, -0.05) is 26.0 Å². The average Bonchev–Trinajstić information content (AvgIpc) is 2.83. The van der Waals surface area contributed by atoms with E-state index in [0.717, 1.165) is 11.3 Å². The van der Waals surface area contributed by atoms with Crippen LogP contribution in [-0.2, 0) is 7.05 Å². The molecular formula is C15H21N3O. The van der Waals surface area contributed by atoms with Crippen LogP contribution in [0.5, 0.6) is 5.75 Å². The van der Waals surface area contributed by atoms with Gasteiger partial charge in [-0.25, -0.2) is 0 Å². The lowest BCUT2D eigenvalue weighted by Crippen LogP contribution is -2.18. The lowest BCUT2D eigenvalue weighted by atomic mass is 10.0. The molecule has 2 rings (SSSR count). The van der Waals surface area contributed by atoms with Gasteiger partial charge < -0.3 is 10.5 Å². The summed E-state index contributed by atoms with van der Waals surface area (Å²) < 4.78 is 7.73. The molecule has 1 aromatic carbocycles. The van der Waals surface area contributed by atoms with Crippen molar-refractivity contribution in [3.63, 3.8) is 0 Å². The van der Waals surface area contributed by atoms with Crippen LogP contribution in [0.25, 0.3) is 0 Å². The summed E-state index contributed by atoms with van der Waals surface area (Å²) in [4.78, 5) is 0. The third-order valence-corrected chi connectivity index (χ3v) is 3.11. The zero-order valence-corrected chi connectivity index (χ0v) is 11.7. The van der Waals surface area contributed by atoms with Gasteiger partial charge in [0.1, 0.15) is 11.9 Å². The molecule has 1 unspecified atom stereocenters. The first-order chi connectivity index (χ1) is 9.10. The number of nitrogens with zero attached hydrogens (tertiary/aromatic N) is 2. The fourth-order valence-electron chi connectivity index (χ4n) is 1.97. The van der Waals surface area contributed by atoms with Crippen molar-refractivity contribution >= 4 is 0 Å². The van der Waals surface area contributed by atoms with Crippen molar-refractivity contribution in [3.05, 3.63) is 47.8 Å². The van der Waals surface area contributed by atoms with Gasteiger partial charge in [0.05, 0.1) is 6.20 Å². The summed E-state index contributed by atoms with van der Waals surface area (Å²) in [5, 5.41) is 4.15. The Morgan fingerprint density at radius 2 is 2.11 bits per heavy atom. The lowest BCUT2D eigenvalue weighted by Gasteiger charge is -2.17. The summed E-state index contributed by atoms with van der Waals surface area (Å²) in [6.07, 6.45) is 3.57. The minimum Gasteiger partial charge on any atom is -0.484 e. The van der Waals surface area contributed by atoms with Gasteiger partial charge in [-0.15, -0.1) is 0 Å². The zero-order valence-electron chi connectivity index (χ0n) is 11.7. The summed E-state index contributed by atoms with van der Waals surface area (Å²) >= 11 is 0. The van der Waals surface area contributed by atoms with Gasteiger partial charge in [-0.2, -0.15) is 5.10 Å². The zero-order chi connectivity index (χ0) is 13.8. The number of aryl methyl sites for hydroxylation is 1. The summed E-state index contributed by atoms with van der Waals surface area (Å²) in [5.74, 6) is 1.34. The van der Waals surface area contributed by atoms with Crippen molar-refractivity contribution in [3.8, 4) is 5.75 Å². The predicted molar refractivity (Wildman–Crippen MR) is 76.2 cm³/mol. The summed E-state index contributed by atoms with van der Waals surface area (Å²) in [6.45, 7) is 4.76. The Morgan fingerprint density at radius 1 is 1.32 bits per heavy atom. The molecule has 0 spiro atoms. The Labute approximate surface area is 114 Å². The van der Waals surface area contributed by atoms with Crippen LogP contribution in [0.1, 0.15) is 37.0 Å². The molecule has 4 heteroatoms. The quantitative estimate of drug-likeness (QED) is 0.898. The highest BCUT2D eigenvalue weighted by atomic mass is 16.5. The second-order valence-corrected chi connectivity index (χ2v) is 5.02. The summed E-state index contributed by atoms with van der Waals surface area (Å²) in [5.41, 5.74) is 8.06. The van der Waals surface area contributed by atoms with Crippen molar-refractivity contribution in [2.75, 3.05) is 6.54 Å². The van der Waals surface area contributed by atoms with Gasteiger partial charge in [-0.05, 0) is 23.6 Å². The van der Waals surface area contributed by atoms with E-state index in [-0.39, 0.29) is 6.10 Å². The Kier molecular flexibility index (Phi) is 4.22. The first-order valence-electron chi connectivity index (χ1n) is 6.55. The molecule has 19 heavy (non-hydrogen) atoms. The standard InChI is InChI=1S/C15H21N3O/c1-11(2)12-5-4-6-14(7-12)19-15(8-16)13-9-17-18(3)10-13/h4-7,9-11,15H,8,16H2,1-3H3. The van der Waals surface area contributed by atoms with Crippen LogP contribution >= 0.6 is 0 Å². The van der Waals surface area contributed by atoms with Crippen molar-refractivity contribution in [1.29, 1.82) is 0 Å². The maximum Gasteiger partial charge on any atom is 0.139 e. The van der Waals surface area contributed by atoms with Gasteiger partial charge in [-0.3, -0.25) is 4.68 Å². The Morgan fingerprint density at radius 3 is 2.68 bits per heavy atom. The summed E-state index contributed by atoms with van der Waals surface area (Å²) in [6, 6.07) is 8.16. The number of benzene rings is 1. The van der Waals surface area contributed by atoms with E-state index < -0.39 is 0 Å². The first kappa shape index (κ1) is 13.6. The first-order valence-corrected chi connectivity index (χ1v) is 6.55. The van der Waals surface area contributed by atoms with E-state index in [1.54, 1.807) is 10.9 Å². The molecule has 0 saturated heterocycles. The SMILES string of the molecule is CC(C)c1cccc(OC(CN)c2cnn(C)c2)c1. The number of hydrogen-bond donors (Lipinski definition) is 1. The second-order valence-electron chi connectivity index (χ2n) is 5.02. The fraction of sp³-hybridized carbons (Fsp3) is 0.400. The Hall–Kier alpha value is -1.81. The average molecular weight is 259 g/mol. The molecule has 1 aromatic heterocycles. The third kappa shape index (κ3) is 3.35. The fourth-order valence-corrected chi connectivity index (χ4v) is 1.97. The number of aromatic nitrogens is 2. The van der Waals surface area contributed by atoms with E-state index in [1.807, 2.05) is 25.4 Å². The molecule has 0 aliphatic rings. The van der Waals surface area contributed by atoms with Gasteiger partial charge in [0.25, 0.3) is 0 Å². The van der Waals surface area contributed by atoms with E-state index in [0.29, 0.717) is 12.5 Å². The van der Waals surface area contributed by atoms with Gasteiger partial charge in [0.2, 0.25) is 0 Å². The molecule has 0 saturated carbocycles. The Balaban J connectivity index is 2.16. The third-order valence-electron chi connectivity index (χ3n) is 3.11. The number of rotatable bonds is 5. The highest BCUT2D eigenvalue weighted by molar-refractivity contribution is 5.31. The number of ether oxygens (including phenoxy) is 1. The molecule has 2 aromatic rings. The van der Waals surface area contributed by atoms with Crippen LogP contribution in [-0.4, -0.2) is 16.3 Å². The molecule has 0 radical (unpaired) electrons. The molecule has 0 aliphatic heterocycles. The molecular weight excluding hydrogens is 238 g/mol.